The molecule has 0 saturated carbocycles. The summed E-state index contributed by atoms with van der Waals surface area (Å²) in [5.74, 6) is 0.815. The van der Waals surface area contributed by atoms with Crippen molar-refractivity contribution in [3.8, 4) is 5.75 Å². The Labute approximate surface area is 129 Å². The molecule has 0 unspecified atom stereocenters. The topological polar surface area (TPSA) is 79.6 Å². The summed E-state index contributed by atoms with van der Waals surface area (Å²) in [5.41, 5.74) is 2.14. The van der Waals surface area contributed by atoms with Crippen molar-refractivity contribution >= 4 is 18.9 Å². The molecule has 22 heavy (non-hydrogen) atoms. The van der Waals surface area contributed by atoms with Crippen molar-refractivity contribution in [1.29, 1.82) is 0 Å². The lowest BCUT2D eigenvalue weighted by molar-refractivity contribution is 0.112. The first kappa shape index (κ1) is 16.2. The number of ether oxygens (including phenoxy) is 1. The molecule has 0 radical (unpaired) electrons. The van der Waals surface area contributed by atoms with Gasteiger partial charge in [0.05, 0.1) is 5.69 Å². The second-order valence-corrected chi connectivity index (χ2v) is 5.28. The predicted molar refractivity (Wildman–Crippen MR) is 84.3 cm³/mol. The van der Waals surface area contributed by atoms with Crippen LogP contribution in [0, 0.1) is 0 Å². The van der Waals surface area contributed by atoms with Gasteiger partial charge in [-0.3, -0.25) is 9.78 Å². The molecule has 0 fully saturated rings. The summed E-state index contributed by atoms with van der Waals surface area (Å²) in [6.45, 7) is 4.42. The lowest BCUT2D eigenvalue weighted by Gasteiger charge is -2.10. The van der Waals surface area contributed by atoms with Crippen LogP contribution in [0.25, 0.3) is 0 Å². The zero-order chi connectivity index (χ0) is 16.1. The maximum Gasteiger partial charge on any atom is 0.489 e. The Morgan fingerprint density at radius 3 is 2.68 bits per heavy atom. The van der Waals surface area contributed by atoms with Crippen LogP contribution >= 0.6 is 0 Å². The summed E-state index contributed by atoms with van der Waals surface area (Å²) >= 11 is 0. The van der Waals surface area contributed by atoms with Crippen LogP contribution < -0.4 is 10.2 Å². The van der Waals surface area contributed by atoms with E-state index in [1.807, 2.05) is 18.2 Å². The zero-order valence-corrected chi connectivity index (χ0v) is 12.6. The van der Waals surface area contributed by atoms with Gasteiger partial charge in [0.25, 0.3) is 0 Å². The van der Waals surface area contributed by atoms with Gasteiger partial charge >= 0.3 is 7.12 Å². The number of hydrogen-bond donors (Lipinski definition) is 2. The van der Waals surface area contributed by atoms with Gasteiger partial charge in [0.15, 0.2) is 0 Å². The van der Waals surface area contributed by atoms with Crippen molar-refractivity contribution in [2.24, 2.45) is 0 Å². The summed E-state index contributed by atoms with van der Waals surface area (Å²) in [4.78, 5) is 15.5. The Morgan fingerprint density at radius 2 is 2.05 bits per heavy atom. The van der Waals surface area contributed by atoms with Crippen molar-refractivity contribution < 1.29 is 19.6 Å². The second-order valence-electron chi connectivity index (χ2n) is 5.28. The fourth-order valence-corrected chi connectivity index (χ4v) is 2.04. The number of aldehydes is 1. The molecule has 2 N–H and O–H groups in total. The van der Waals surface area contributed by atoms with Crippen LogP contribution in [0.2, 0.25) is 0 Å². The number of nitrogens with zero attached hydrogens (tertiary/aromatic N) is 1. The Bertz CT molecular complexity index is 658. The molecule has 1 aromatic carbocycles. The third-order valence-electron chi connectivity index (χ3n) is 3.27. The number of pyridine rings is 1. The van der Waals surface area contributed by atoms with Gasteiger partial charge in [-0.05, 0) is 35.6 Å². The Kier molecular flexibility index (Phi) is 5.30. The first-order chi connectivity index (χ1) is 10.5. The van der Waals surface area contributed by atoms with Crippen LogP contribution in [0.5, 0.6) is 5.75 Å². The smallest absolute Gasteiger partial charge is 0.487 e. The molecule has 0 aliphatic heterocycles. The van der Waals surface area contributed by atoms with Crippen LogP contribution in [0.1, 0.15) is 41.5 Å². The van der Waals surface area contributed by atoms with Crippen LogP contribution in [-0.2, 0) is 6.61 Å². The van der Waals surface area contributed by atoms with Crippen molar-refractivity contribution in [2.45, 2.75) is 26.4 Å². The highest BCUT2D eigenvalue weighted by Crippen LogP contribution is 2.15. The molecular weight excluding hydrogens is 281 g/mol. The number of hydrogen-bond acceptors (Lipinski definition) is 5. The number of carbonyl (C=O) groups is 1. The summed E-state index contributed by atoms with van der Waals surface area (Å²) in [6, 6.07) is 10.3. The highest BCUT2D eigenvalue weighted by Gasteiger charge is 2.16. The van der Waals surface area contributed by atoms with E-state index in [9.17, 15) is 4.79 Å². The summed E-state index contributed by atoms with van der Waals surface area (Å²) < 4.78 is 5.62. The van der Waals surface area contributed by atoms with Gasteiger partial charge in [0.2, 0.25) is 0 Å². The van der Waals surface area contributed by atoms with Crippen LogP contribution in [0.3, 0.4) is 0 Å². The third-order valence-corrected chi connectivity index (χ3v) is 3.27. The SMILES string of the molecule is CC(C)c1cccc(COc2ccc(B(O)O)c(C=O)c2)n1. The van der Waals surface area contributed by atoms with Gasteiger partial charge in [-0.15, -0.1) is 0 Å². The van der Waals surface area contributed by atoms with E-state index in [1.165, 1.54) is 12.1 Å². The van der Waals surface area contributed by atoms with E-state index >= 15 is 0 Å². The summed E-state index contributed by atoms with van der Waals surface area (Å²) in [5, 5.41) is 18.3. The molecule has 6 heteroatoms. The van der Waals surface area contributed by atoms with E-state index in [0.29, 0.717) is 18.0 Å². The minimum Gasteiger partial charge on any atom is -0.487 e. The first-order valence-corrected chi connectivity index (χ1v) is 7.05. The highest BCUT2D eigenvalue weighted by atomic mass is 16.5. The minimum absolute atomic E-state index is 0.155. The molecule has 2 rings (SSSR count). The van der Waals surface area contributed by atoms with E-state index in [4.69, 9.17) is 14.8 Å². The number of benzene rings is 1. The second kappa shape index (κ2) is 7.20. The molecule has 0 aliphatic carbocycles. The van der Waals surface area contributed by atoms with Gasteiger partial charge in [0.1, 0.15) is 18.6 Å². The van der Waals surface area contributed by atoms with Crippen LogP contribution in [-0.4, -0.2) is 28.4 Å². The highest BCUT2D eigenvalue weighted by molar-refractivity contribution is 6.60. The van der Waals surface area contributed by atoms with Crippen molar-refractivity contribution in [2.75, 3.05) is 0 Å². The molecule has 2 aromatic rings. The first-order valence-electron chi connectivity index (χ1n) is 7.05. The molecular formula is C16H18BNO4. The van der Waals surface area contributed by atoms with E-state index in [0.717, 1.165) is 11.4 Å². The fourth-order valence-electron chi connectivity index (χ4n) is 2.04. The minimum atomic E-state index is -1.68. The van der Waals surface area contributed by atoms with Crippen LogP contribution in [0.4, 0.5) is 0 Å². The predicted octanol–water partition coefficient (Wildman–Crippen LogP) is 1.28. The van der Waals surface area contributed by atoms with E-state index in [2.05, 4.69) is 18.8 Å². The van der Waals surface area contributed by atoms with Crippen molar-refractivity contribution in [3.05, 3.63) is 53.3 Å². The van der Waals surface area contributed by atoms with Crippen molar-refractivity contribution in [3.63, 3.8) is 0 Å². The Hall–Kier alpha value is -2.18. The van der Waals surface area contributed by atoms with Gasteiger partial charge in [-0.2, -0.15) is 0 Å². The molecule has 5 nitrogen and oxygen atoms in total. The molecule has 114 valence electrons. The lowest BCUT2D eigenvalue weighted by atomic mass is 9.77. The van der Waals surface area contributed by atoms with Gasteiger partial charge in [-0.1, -0.05) is 26.0 Å². The molecule has 1 heterocycles. The average molecular weight is 299 g/mol. The molecule has 0 saturated heterocycles. The largest absolute Gasteiger partial charge is 0.489 e. The molecule has 1 aromatic heterocycles. The third kappa shape index (κ3) is 3.93. The van der Waals surface area contributed by atoms with Gasteiger partial charge < -0.3 is 14.8 Å². The Balaban J connectivity index is 2.11. The zero-order valence-electron chi connectivity index (χ0n) is 12.6. The van der Waals surface area contributed by atoms with Crippen molar-refractivity contribution in [1.82, 2.24) is 4.98 Å². The standard InChI is InChI=1S/C16H18BNO4/c1-11(2)16-5-3-4-13(18-16)10-22-14-6-7-15(17(20)21)12(8-14)9-19/h3-9,11,20-21H,10H2,1-2H3. The number of carbonyl (C=O) groups excluding carboxylic acids is 1. The molecule has 0 spiro atoms. The average Bonchev–Trinajstić information content (AvgIpc) is 2.52. The maximum atomic E-state index is 11.0. The molecule has 0 bridgehead atoms. The fraction of sp³-hybridized carbons (Fsp3) is 0.250. The number of aromatic nitrogens is 1. The maximum absolute atomic E-state index is 11.0. The molecule has 0 aliphatic rings. The summed E-state index contributed by atoms with van der Waals surface area (Å²) in [6.07, 6.45) is 0.569. The summed E-state index contributed by atoms with van der Waals surface area (Å²) in [7, 11) is -1.68. The number of rotatable bonds is 6. The van der Waals surface area contributed by atoms with E-state index < -0.39 is 7.12 Å². The monoisotopic (exact) mass is 299 g/mol. The normalized spacial score (nSPS) is 10.6. The van der Waals surface area contributed by atoms with Gasteiger partial charge in [0, 0.05) is 11.3 Å². The molecule has 0 atom stereocenters. The molecule has 0 amide bonds. The van der Waals surface area contributed by atoms with E-state index in [1.54, 1.807) is 6.07 Å². The van der Waals surface area contributed by atoms with Crippen LogP contribution in [0.15, 0.2) is 36.4 Å². The van der Waals surface area contributed by atoms with Gasteiger partial charge in [-0.25, -0.2) is 0 Å². The quantitative estimate of drug-likeness (QED) is 0.620. The van der Waals surface area contributed by atoms with E-state index in [-0.39, 0.29) is 17.6 Å². The lowest BCUT2D eigenvalue weighted by Crippen LogP contribution is -2.32. The Morgan fingerprint density at radius 1 is 1.27 bits per heavy atom.